The number of hydrogen-bond donors (Lipinski definition) is 1. The molecule has 5 heteroatoms. The van der Waals surface area contributed by atoms with Crippen LogP contribution in [-0.2, 0) is 16.4 Å². The minimum atomic E-state index is -2.86. The van der Waals surface area contributed by atoms with Gasteiger partial charge in [0.05, 0.1) is 5.75 Å². The molecular weight excluding hydrogens is 254 g/mol. The monoisotopic (exact) mass is 273 g/mol. The first-order chi connectivity index (χ1) is 8.07. The quantitative estimate of drug-likeness (QED) is 0.773. The Labute approximate surface area is 108 Å². The third-order valence-electron chi connectivity index (χ3n) is 2.34. The number of thioether (sulfide) groups is 1. The summed E-state index contributed by atoms with van der Waals surface area (Å²) in [6, 6.07) is 7.92. The van der Waals surface area contributed by atoms with Crippen LogP contribution in [0.3, 0.4) is 0 Å². The van der Waals surface area contributed by atoms with E-state index in [4.69, 9.17) is 5.73 Å². The zero-order valence-corrected chi connectivity index (χ0v) is 11.7. The van der Waals surface area contributed by atoms with Gasteiger partial charge in [-0.3, -0.25) is 0 Å². The van der Waals surface area contributed by atoms with Crippen LogP contribution in [0.25, 0.3) is 0 Å². The predicted octanol–water partition coefficient (Wildman–Crippen LogP) is 2.06. The molecule has 17 heavy (non-hydrogen) atoms. The van der Waals surface area contributed by atoms with E-state index >= 15 is 0 Å². The molecule has 0 saturated carbocycles. The summed E-state index contributed by atoms with van der Waals surface area (Å²) in [5.74, 6) is 1.16. The highest BCUT2D eigenvalue weighted by molar-refractivity contribution is 8.00. The fourth-order valence-corrected chi connectivity index (χ4v) is 4.16. The van der Waals surface area contributed by atoms with Crippen LogP contribution >= 0.6 is 11.8 Å². The molecule has 1 aromatic rings. The summed E-state index contributed by atoms with van der Waals surface area (Å²) in [5.41, 5.74) is 6.60. The van der Waals surface area contributed by atoms with Crippen LogP contribution in [0.4, 0.5) is 0 Å². The number of rotatable bonds is 7. The Morgan fingerprint density at radius 2 is 1.82 bits per heavy atom. The molecule has 0 amide bonds. The van der Waals surface area contributed by atoms with Crippen LogP contribution in [0.1, 0.15) is 18.9 Å². The third kappa shape index (κ3) is 5.57. The van der Waals surface area contributed by atoms with E-state index in [0.29, 0.717) is 24.5 Å². The minimum Gasteiger partial charge on any atom is -0.326 e. The Kier molecular flexibility index (Phi) is 6.02. The van der Waals surface area contributed by atoms with Gasteiger partial charge in [0, 0.05) is 22.9 Å². The van der Waals surface area contributed by atoms with Crippen LogP contribution < -0.4 is 5.73 Å². The molecule has 0 aliphatic carbocycles. The van der Waals surface area contributed by atoms with E-state index < -0.39 is 9.84 Å². The van der Waals surface area contributed by atoms with Gasteiger partial charge >= 0.3 is 0 Å². The second-order valence-electron chi connectivity index (χ2n) is 3.85. The van der Waals surface area contributed by atoms with Gasteiger partial charge in [0.2, 0.25) is 0 Å². The first kappa shape index (κ1) is 14.5. The van der Waals surface area contributed by atoms with Crippen LogP contribution in [0.2, 0.25) is 0 Å². The molecule has 0 spiro atoms. The SMILES string of the molecule is CCCS(=O)(=O)CCSc1ccc(CN)cc1. The molecule has 3 nitrogen and oxygen atoms in total. The average molecular weight is 273 g/mol. The van der Waals surface area contributed by atoms with Crippen molar-refractivity contribution >= 4 is 21.6 Å². The molecule has 0 heterocycles. The molecule has 0 aromatic heterocycles. The van der Waals surface area contributed by atoms with E-state index in [1.165, 1.54) is 0 Å². The summed E-state index contributed by atoms with van der Waals surface area (Å²) in [7, 11) is -2.86. The van der Waals surface area contributed by atoms with Crippen LogP contribution in [0.5, 0.6) is 0 Å². The van der Waals surface area contributed by atoms with Crippen molar-refractivity contribution in [1.29, 1.82) is 0 Å². The van der Waals surface area contributed by atoms with Gasteiger partial charge in [-0.25, -0.2) is 8.42 Å². The molecular formula is C12H19NO2S2. The smallest absolute Gasteiger partial charge is 0.151 e. The summed E-state index contributed by atoms with van der Waals surface area (Å²) in [4.78, 5) is 1.09. The van der Waals surface area contributed by atoms with Crippen LogP contribution in [-0.4, -0.2) is 25.7 Å². The summed E-state index contributed by atoms with van der Waals surface area (Å²) in [6.45, 7) is 2.42. The van der Waals surface area contributed by atoms with E-state index in [0.717, 1.165) is 10.5 Å². The number of nitrogens with two attached hydrogens (primary N) is 1. The maximum absolute atomic E-state index is 11.5. The lowest BCUT2D eigenvalue weighted by atomic mass is 10.2. The van der Waals surface area contributed by atoms with Gasteiger partial charge in [0.15, 0.2) is 9.84 Å². The van der Waals surface area contributed by atoms with Crippen molar-refractivity contribution < 1.29 is 8.42 Å². The van der Waals surface area contributed by atoms with Crippen LogP contribution in [0.15, 0.2) is 29.2 Å². The summed E-state index contributed by atoms with van der Waals surface area (Å²) in [6.07, 6.45) is 0.693. The molecule has 0 atom stereocenters. The van der Waals surface area contributed by atoms with Crippen molar-refractivity contribution in [2.45, 2.75) is 24.8 Å². The number of hydrogen-bond acceptors (Lipinski definition) is 4. The zero-order valence-electron chi connectivity index (χ0n) is 10.1. The van der Waals surface area contributed by atoms with Crippen molar-refractivity contribution in [2.75, 3.05) is 17.3 Å². The normalized spacial score (nSPS) is 11.6. The average Bonchev–Trinajstić information content (AvgIpc) is 2.29. The lowest BCUT2D eigenvalue weighted by Gasteiger charge is -2.04. The number of sulfone groups is 1. The topological polar surface area (TPSA) is 60.2 Å². The Hall–Kier alpha value is -0.520. The summed E-state index contributed by atoms with van der Waals surface area (Å²) in [5, 5.41) is 0. The van der Waals surface area contributed by atoms with Gasteiger partial charge < -0.3 is 5.73 Å². The zero-order chi connectivity index (χ0) is 12.7. The molecule has 0 bridgehead atoms. The molecule has 0 saturated heterocycles. The van der Waals surface area contributed by atoms with E-state index in [1.807, 2.05) is 31.2 Å². The fourth-order valence-electron chi connectivity index (χ4n) is 1.42. The van der Waals surface area contributed by atoms with E-state index in [-0.39, 0.29) is 5.75 Å². The van der Waals surface area contributed by atoms with Crippen molar-refractivity contribution in [1.82, 2.24) is 0 Å². The Bertz CT molecular complexity index is 426. The second kappa shape index (κ2) is 7.03. The molecule has 2 N–H and O–H groups in total. The Balaban J connectivity index is 2.40. The third-order valence-corrected chi connectivity index (χ3v) is 5.47. The summed E-state index contributed by atoms with van der Waals surface area (Å²) >= 11 is 1.57. The van der Waals surface area contributed by atoms with Gasteiger partial charge in [0.25, 0.3) is 0 Å². The van der Waals surface area contributed by atoms with Crippen molar-refractivity contribution in [2.24, 2.45) is 5.73 Å². The molecule has 0 aliphatic rings. The molecule has 0 unspecified atom stereocenters. The van der Waals surface area contributed by atoms with Crippen LogP contribution in [0, 0.1) is 0 Å². The minimum absolute atomic E-state index is 0.254. The van der Waals surface area contributed by atoms with Crippen molar-refractivity contribution in [3.8, 4) is 0 Å². The Morgan fingerprint density at radius 1 is 1.18 bits per heavy atom. The highest BCUT2D eigenvalue weighted by Crippen LogP contribution is 2.18. The lowest BCUT2D eigenvalue weighted by Crippen LogP contribution is -2.12. The molecule has 96 valence electrons. The first-order valence-electron chi connectivity index (χ1n) is 5.69. The van der Waals surface area contributed by atoms with Gasteiger partial charge in [-0.2, -0.15) is 0 Å². The standard InChI is InChI=1S/C12H19NO2S2/c1-2-8-17(14,15)9-7-16-12-5-3-11(10-13)4-6-12/h3-6H,2,7-10,13H2,1H3. The van der Waals surface area contributed by atoms with E-state index in [2.05, 4.69) is 0 Å². The van der Waals surface area contributed by atoms with Crippen molar-refractivity contribution in [3.63, 3.8) is 0 Å². The predicted molar refractivity (Wildman–Crippen MR) is 74.0 cm³/mol. The van der Waals surface area contributed by atoms with Gasteiger partial charge in [-0.15, -0.1) is 11.8 Å². The van der Waals surface area contributed by atoms with Gasteiger partial charge in [0.1, 0.15) is 0 Å². The lowest BCUT2D eigenvalue weighted by molar-refractivity contribution is 0.596. The summed E-state index contributed by atoms with van der Waals surface area (Å²) < 4.78 is 23.0. The van der Waals surface area contributed by atoms with E-state index in [1.54, 1.807) is 11.8 Å². The molecule has 0 aliphatic heterocycles. The fraction of sp³-hybridized carbons (Fsp3) is 0.500. The molecule has 1 aromatic carbocycles. The highest BCUT2D eigenvalue weighted by atomic mass is 32.2. The number of benzene rings is 1. The van der Waals surface area contributed by atoms with E-state index in [9.17, 15) is 8.42 Å². The van der Waals surface area contributed by atoms with Crippen molar-refractivity contribution in [3.05, 3.63) is 29.8 Å². The molecule has 1 rings (SSSR count). The maximum Gasteiger partial charge on any atom is 0.151 e. The second-order valence-corrected chi connectivity index (χ2v) is 7.32. The van der Waals surface area contributed by atoms with Gasteiger partial charge in [-0.05, 0) is 24.1 Å². The first-order valence-corrected chi connectivity index (χ1v) is 8.50. The molecule has 0 radical (unpaired) electrons. The Morgan fingerprint density at radius 3 is 2.35 bits per heavy atom. The molecule has 0 fully saturated rings. The van der Waals surface area contributed by atoms with Gasteiger partial charge in [-0.1, -0.05) is 19.1 Å². The largest absolute Gasteiger partial charge is 0.326 e. The highest BCUT2D eigenvalue weighted by Gasteiger charge is 2.08. The maximum atomic E-state index is 11.5.